The second kappa shape index (κ2) is 5.63. The van der Waals surface area contributed by atoms with Gasteiger partial charge >= 0.3 is 0 Å². The molecule has 0 fully saturated rings. The molecule has 0 aliphatic carbocycles. The van der Waals surface area contributed by atoms with Gasteiger partial charge in [0.05, 0.1) is 5.52 Å². The summed E-state index contributed by atoms with van der Waals surface area (Å²) in [4.78, 5) is 4.34. The van der Waals surface area contributed by atoms with Crippen molar-refractivity contribution in [2.75, 3.05) is 5.32 Å². The lowest BCUT2D eigenvalue weighted by molar-refractivity contribution is 1.15. The Bertz CT molecular complexity index is 753. The second-order valence-corrected chi connectivity index (χ2v) is 5.61. The van der Waals surface area contributed by atoms with Gasteiger partial charge < -0.3 is 5.32 Å². The molecule has 0 aliphatic rings. The van der Waals surface area contributed by atoms with Gasteiger partial charge in [-0.15, -0.1) is 0 Å². The van der Waals surface area contributed by atoms with Crippen molar-refractivity contribution in [3.05, 3.63) is 70.3 Å². The molecule has 0 radical (unpaired) electrons. The van der Waals surface area contributed by atoms with Gasteiger partial charge in [-0.3, -0.25) is 4.98 Å². The minimum absolute atomic E-state index is 0.798. The second-order valence-electron chi connectivity index (χ2n) is 4.82. The third-order valence-corrected chi connectivity index (χ3v) is 4.39. The van der Waals surface area contributed by atoms with E-state index in [0.717, 1.165) is 22.2 Å². The molecule has 0 saturated heterocycles. The Labute approximate surface area is 127 Å². The molecular formula is C17H15BrN2. The lowest BCUT2D eigenvalue weighted by Gasteiger charge is -2.10. The van der Waals surface area contributed by atoms with Crippen molar-refractivity contribution in [1.29, 1.82) is 0 Å². The van der Waals surface area contributed by atoms with E-state index in [1.165, 1.54) is 16.5 Å². The molecule has 0 aliphatic heterocycles. The smallest absolute Gasteiger partial charge is 0.0702 e. The third kappa shape index (κ3) is 2.68. The zero-order chi connectivity index (χ0) is 13.9. The van der Waals surface area contributed by atoms with Crippen LogP contribution in [-0.4, -0.2) is 4.98 Å². The summed E-state index contributed by atoms with van der Waals surface area (Å²) in [6, 6.07) is 16.7. The van der Waals surface area contributed by atoms with Crippen molar-refractivity contribution >= 4 is 32.5 Å². The van der Waals surface area contributed by atoms with Crippen LogP contribution < -0.4 is 5.32 Å². The number of rotatable bonds is 3. The SMILES string of the molecule is Cc1cccc(NCc2ccc3ncccc3c2)c1Br. The Morgan fingerprint density at radius 3 is 2.90 bits per heavy atom. The summed E-state index contributed by atoms with van der Waals surface area (Å²) in [6.45, 7) is 2.89. The molecule has 3 rings (SSSR count). The number of halogens is 1. The minimum atomic E-state index is 0.798. The average Bonchev–Trinajstić information content (AvgIpc) is 2.48. The van der Waals surface area contributed by atoms with E-state index in [4.69, 9.17) is 0 Å². The van der Waals surface area contributed by atoms with E-state index in [9.17, 15) is 0 Å². The van der Waals surface area contributed by atoms with Gasteiger partial charge in [0.25, 0.3) is 0 Å². The van der Waals surface area contributed by atoms with Crippen molar-refractivity contribution in [3.63, 3.8) is 0 Å². The van der Waals surface area contributed by atoms with Gasteiger partial charge in [-0.25, -0.2) is 0 Å². The van der Waals surface area contributed by atoms with E-state index in [1.807, 2.05) is 12.3 Å². The molecule has 3 heteroatoms. The molecule has 1 heterocycles. The number of aromatic nitrogens is 1. The van der Waals surface area contributed by atoms with E-state index in [-0.39, 0.29) is 0 Å². The molecule has 0 saturated carbocycles. The number of hydrogen-bond acceptors (Lipinski definition) is 2. The van der Waals surface area contributed by atoms with Gasteiger partial charge in [0.1, 0.15) is 0 Å². The van der Waals surface area contributed by atoms with Gasteiger partial charge in [0, 0.05) is 28.3 Å². The summed E-state index contributed by atoms with van der Waals surface area (Å²) in [5.41, 5.74) is 4.64. The number of fused-ring (bicyclic) bond motifs is 1. The van der Waals surface area contributed by atoms with Crippen molar-refractivity contribution < 1.29 is 0 Å². The lowest BCUT2D eigenvalue weighted by atomic mass is 10.1. The number of benzene rings is 2. The summed E-state index contributed by atoms with van der Waals surface area (Å²) in [6.07, 6.45) is 1.82. The summed E-state index contributed by atoms with van der Waals surface area (Å²) in [5, 5.41) is 4.64. The molecule has 0 atom stereocenters. The van der Waals surface area contributed by atoms with Crippen LogP contribution in [0, 0.1) is 6.92 Å². The number of aryl methyl sites for hydroxylation is 1. The summed E-state index contributed by atoms with van der Waals surface area (Å²) in [7, 11) is 0. The molecule has 0 amide bonds. The summed E-state index contributed by atoms with van der Waals surface area (Å²) >= 11 is 3.62. The average molecular weight is 327 g/mol. The highest BCUT2D eigenvalue weighted by Crippen LogP contribution is 2.26. The largest absolute Gasteiger partial charge is 0.380 e. The maximum absolute atomic E-state index is 4.34. The monoisotopic (exact) mass is 326 g/mol. The molecule has 3 aromatic rings. The molecule has 1 N–H and O–H groups in total. The fourth-order valence-corrected chi connectivity index (χ4v) is 2.62. The Kier molecular flexibility index (Phi) is 3.70. The van der Waals surface area contributed by atoms with Gasteiger partial charge in [-0.1, -0.05) is 24.3 Å². The van der Waals surface area contributed by atoms with Crippen molar-refractivity contribution in [2.24, 2.45) is 0 Å². The van der Waals surface area contributed by atoms with Crippen LogP contribution in [0.1, 0.15) is 11.1 Å². The van der Waals surface area contributed by atoms with Crippen molar-refractivity contribution in [3.8, 4) is 0 Å². The Balaban J connectivity index is 1.81. The molecule has 2 nitrogen and oxygen atoms in total. The first-order valence-corrected chi connectivity index (χ1v) is 7.36. The first-order chi connectivity index (χ1) is 9.74. The Morgan fingerprint density at radius 2 is 2.00 bits per heavy atom. The first kappa shape index (κ1) is 13.1. The van der Waals surface area contributed by atoms with Crippen LogP contribution in [0.5, 0.6) is 0 Å². The number of nitrogens with one attached hydrogen (secondary N) is 1. The van der Waals surface area contributed by atoms with Crippen LogP contribution in [0.25, 0.3) is 10.9 Å². The summed E-state index contributed by atoms with van der Waals surface area (Å²) in [5.74, 6) is 0. The maximum atomic E-state index is 4.34. The number of pyridine rings is 1. The normalized spacial score (nSPS) is 10.7. The van der Waals surface area contributed by atoms with Crippen LogP contribution in [0.2, 0.25) is 0 Å². The van der Waals surface area contributed by atoms with Gasteiger partial charge in [0.2, 0.25) is 0 Å². The topological polar surface area (TPSA) is 24.9 Å². The molecule has 2 aromatic carbocycles. The highest BCUT2D eigenvalue weighted by Gasteiger charge is 2.02. The Morgan fingerprint density at radius 1 is 1.10 bits per heavy atom. The molecule has 100 valence electrons. The van der Waals surface area contributed by atoms with E-state index in [2.05, 4.69) is 75.6 Å². The quantitative estimate of drug-likeness (QED) is 0.739. The van der Waals surface area contributed by atoms with Crippen LogP contribution in [0.3, 0.4) is 0 Å². The predicted octanol–water partition coefficient (Wildman–Crippen LogP) is 4.92. The molecular weight excluding hydrogens is 312 g/mol. The summed E-state index contributed by atoms with van der Waals surface area (Å²) < 4.78 is 1.13. The zero-order valence-electron chi connectivity index (χ0n) is 11.2. The lowest BCUT2D eigenvalue weighted by Crippen LogP contribution is -2.00. The molecule has 20 heavy (non-hydrogen) atoms. The van der Waals surface area contributed by atoms with Crippen LogP contribution in [0.15, 0.2) is 59.2 Å². The van der Waals surface area contributed by atoms with Crippen molar-refractivity contribution in [1.82, 2.24) is 4.98 Å². The maximum Gasteiger partial charge on any atom is 0.0702 e. The van der Waals surface area contributed by atoms with Gasteiger partial charge in [-0.2, -0.15) is 0 Å². The van der Waals surface area contributed by atoms with Crippen molar-refractivity contribution in [2.45, 2.75) is 13.5 Å². The Hall–Kier alpha value is -1.87. The molecule has 0 unspecified atom stereocenters. The van der Waals surface area contributed by atoms with Crippen LogP contribution in [-0.2, 0) is 6.54 Å². The van der Waals surface area contributed by atoms with E-state index < -0.39 is 0 Å². The number of hydrogen-bond donors (Lipinski definition) is 1. The zero-order valence-corrected chi connectivity index (χ0v) is 12.8. The van der Waals surface area contributed by atoms with Crippen LogP contribution >= 0.6 is 15.9 Å². The van der Waals surface area contributed by atoms with E-state index >= 15 is 0 Å². The molecule has 0 spiro atoms. The molecule has 1 aromatic heterocycles. The predicted molar refractivity (Wildman–Crippen MR) is 87.9 cm³/mol. The van der Waals surface area contributed by atoms with E-state index in [1.54, 1.807) is 0 Å². The fraction of sp³-hybridized carbons (Fsp3) is 0.118. The van der Waals surface area contributed by atoms with E-state index in [0.29, 0.717) is 0 Å². The highest BCUT2D eigenvalue weighted by atomic mass is 79.9. The fourth-order valence-electron chi connectivity index (χ4n) is 2.22. The van der Waals surface area contributed by atoms with Gasteiger partial charge in [0.15, 0.2) is 0 Å². The number of nitrogens with zero attached hydrogens (tertiary/aromatic N) is 1. The first-order valence-electron chi connectivity index (χ1n) is 6.57. The van der Waals surface area contributed by atoms with Crippen LogP contribution in [0.4, 0.5) is 5.69 Å². The standard InChI is InChI=1S/C17H15BrN2/c1-12-4-2-6-16(17(12)18)20-11-13-7-8-15-14(10-13)5-3-9-19-15/h2-10,20H,11H2,1H3. The third-order valence-electron chi connectivity index (χ3n) is 3.34. The highest BCUT2D eigenvalue weighted by molar-refractivity contribution is 9.10. The van der Waals surface area contributed by atoms with Gasteiger partial charge in [-0.05, 0) is 58.2 Å². The molecule has 0 bridgehead atoms. The number of anilines is 1. The minimum Gasteiger partial charge on any atom is -0.380 e.